The van der Waals surface area contributed by atoms with Crippen molar-refractivity contribution in [3.05, 3.63) is 33.9 Å². The molecule has 1 aromatic heterocycles. The van der Waals surface area contributed by atoms with Gasteiger partial charge in [-0.2, -0.15) is 0 Å². The van der Waals surface area contributed by atoms with E-state index in [0.29, 0.717) is 12.2 Å². The lowest BCUT2D eigenvalue weighted by Gasteiger charge is -2.04. The molecule has 0 saturated heterocycles. The van der Waals surface area contributed by atoms with Crippen LogP contribution in [0.3, 0.4) is 0 Å². The standard InChI is InChI=1S/C12H12BrNO2/c1-3-14-9-6-4-5-8(13)10(9)7(2)11(14)12(15)16/h4-6H,3H2,1-2H3,(H,15,16). The van der Waals surface area contributed by atoms with Gasteiger partial charge in [-0.1, -0.05) is 22.0 Å². The van der Waals surface area contributed by atoms with Gasteiger partial charge in [0.1, 0.15) is 5.69 Å². The number of hydrogen-bond acceptors (Lipinski definition) is 1. The van der Waals surface area contributed by atoms with Gasteiger partial charge in [-0.15, -0.1) is 0 Å². The third kappa shape index (κ3) is 1.45. The fourth-order valence-corrected chi connectivity index (χ4v) is 2.81. The van der Waals surface area contributed by atoms with E-state index in [9.17, 15) is 9.90 Å². The van der Waals surface area contributed by atoms with E-state index in [1.165, 1.54) is 0 Å². The quantitative estimate of drug-likeness (QED) is 0.916. The highest BCUT2D eigenvalue weighted by Gasteiger charge is 2.19. The number of hydrogen-bond donors (Lipinski definition) is 1. The van der Waals surface area contributed by atoms with Crippen LogP contribution in [0.4, 0.5) is 0 Å². The Balaban J connectivity index is 2.96. The second kappa shape index (κ2) is 3.94. The molecule has 4 heteroatoms. The highest BCUT2D eigenvalue weighted by molar-refractivity contribution is 9.10. The van der Waals surface area contributed by atoms with Crippen LogP contribution in [0.15, 0.2) is 22.7 Å². The number of aromatic nitrogens is 1. The summed E-state index contributed by atoms with van der Waals surface area (Å²) in [6.45, 7) is 4.46. The van der Waals surface area contributed by atoms with Crippen LogP contribution in [-0.4, -0.2) is 15.6 Å². The molecule has 16 heavy (non-hydrogen) atoms. The average Bonchev–Trinajstić information content (AvgIpc) is 2.52. The molecule has 2 aromatic rings. The first-order chi connectivity index (χ1) is 7.57. The molecule has 0 amide bonds. The molecular weight excluding hydrogens is 270 g/mol. The molecule has 84 valence electrons. The molecule has 0 aliphatic rings. The van der Waals surface area contributed by atoms with Gasteiger partial charge in [0, 0.05) is 16.4 Å². The van der Waals surface area contributed by atoms with Crippen molar-refractivity contribution in [2.75, 3.05) is 0 Å². The Morgan fingerprint density at radius 2 is 2.19 bits per heavy atom. The number of rotatable bonds is 2. The Morgan fingerprint density at radius 1 is 1.50 bits per heavy atom. The number of aryl methyl sites for hydroxylation is 2. The molecule has 1 N–H and O–H groups in total. The van der Waals surface area contributed by atoms with Crippen molar-refractivity contribution < 1.29 is 9.90 Å². The van der Waals surface area contributed by atoms with Gasteiger partial charge in [0.25, 0.3) is 0 Å². The molecule has 0 bridgehead atoms. The Labute approximate surface area is 102 Å². The van der Waals surface area contributed by atoms with Gasteiger partial charge < -0.3 is 9.67 Å². The van der Waals surface area contributed by atoms with Crippen LogP contribution in [0.25, 0.3) is 10.9 Å². The van der Waals surface area contributed by atoms with E-state index in [-0.39, 0.29) is 0 Å². The zero-order valence-electron chi connectivity index (χ0n) is 9.12. The highest BCUT2D eigenvalue weighted by atomic mass is 79.9. The summed E-state index contributed by atoms with van der Waals surface area (Å²) in [6.07, 6.45) is 0. The van der Waals surface area contributed by atoms with Crippen LogP contribution in [0, 0.1) is 6.92 Å². The maximum absolute atomic E-state index is 11.2. The van der Waals surface area contributed by atoms with E-state index in [2.05, 4.69) is 15.9 Å². The minimum absolute atomic E-state index is 0.379. The Hall–Kier alpha value is -1.29. The van der Waals surface area contributed by atoms with E-state index in [1.54, 1.807) is 0 Å². The van der Waals surface area contributed by atoms with Gasteiger partial charge in [-0.3, -0.25) is 0 Å². The van der Waals surface area contributed by atoms with Crippen LogP contribution in [-0.2, 0) is 6.54 Å². The summed E-state index contributed by atoms with van der Waals surface area (Å²) in [7, 11) is 0. The van der Waals surface area contributed by atoms with Gasteiger partial charge in [0.15, 0.2) is 0 Å². The first-order valence-corrected chi connectivity index (χ1v) is 5.87. The summed E-state index contributed by atoms with van der Waals surface area (Å²) in [6, 6.07) is 5.80. The largest absolute Gasteiger partial charge is 0.477 e. The smallest absolute Gasteiger partial charge is 0.352 e. The lowest BCUT2D eigenvalue weighted by Crippen LogP contribution is -2.08. The second-order valence-electron chi connectivity index (χ2n) is 3.66. The minimum Gasteiger partial charge on any atom is -0.477 e. The van der Waals surface area contributed by atoms with Crippen molar-refractivity contribution in [3.8, 4) is 0 Å². The number of aromatic carboxylic acids is 1. The number of halogens is 1. The van der Waals surface area contributed by atoms with Crippen LogP contribution in [0.1, 0.15) is 23.0 Å². The van der Waals surface area contributed by atoms with Crippen LogP contribution >= 0.6 is 15.9 Å². The lowest BCUT2D eigenvalue weighted by atomic mass is 10.1. The topological polar surface area (TPSA) is 42.2 Å². The molecule has 2 rings (SSSR count). The summed E-state index contributed by atoms with van der Waals surface area (Å²) in [5.74, 6) is -0.873. The van der Waals surface area contributed by atoms with Crippen molar-refractivity contribution in [2.24, 2.45) is 0 Å². The molecule has 0 aliphatic carbocycles. The molecule has 0 radical (unpaired) electrons. The first kappa shape index (κ1) is 11.2. The molecule has 0 fully saturated rings. The number of carbonyl (C=O) groups is 1. The van der Waals surface area contributed by atoms with E-state index in [4.69, 9.17) is 0 Å². The van der Waals surface area contributed by atoms with Gasteiger partial charge in [-0.05, 0) is 31.5 Å². The van der Waals surface area contributed by atoms with E-state index in [0.717, 1.165) is 20.9 Å². The van der Waals surface area contributed by atoms with E-state index in [1.807, 2.05) is 36.6 Å². The third-order valence-electron chi connectivity index (χ3n) is 2.80. The fraction of sp³-hybridized carbons (Fsp3) is 0.250. The fourth-order valence-electron chi connectivity index (χ4n) is 2.15. The SMILES string of the molecule is CCn1c(C(=O)O)c(C)c2c(Br)cccc21. The van der Waals surface area contributed by atoms with E-state index >= 15 is 0 Å². The Bertz CT molecular complexity index is 572. The number of fused-ring (bicyclic) bond motifs is 1. The summed E-state index contributed by atoms with van der Waals surface area (Å²) in [5.41, 5.74) is 2.16. The molecule has 0 saturated carbocycles. The monoisotopic (exact) mass is 281 g/mol. The normalized spacial score (nSPS) is 10.9. The van der Waals surface area contributed by atoms with E-state index < -0.39 is 5.97 Å². The van der Waals surface area contributed by atoms with Gasteiger partial charge in [-0.25, -0.2) is 4.79 Å². The predicted octanol–water partition coefficient (Wildman–Crippen LogP) is 3.43. The maximum Gasteiger partial charge on any atom is 0.352 e. The first-order valence-electron chi connectivity index (χ1n) is 5.08. The molecular formula is C12H12BrNO2. The molecule has 0 aliphatic heterocycles. The summed E-state index contributed by atoms with van der Waals surface area (Å²) < 4.78 is 2.77. The lowest BCUT2D eigenvalue weighted by molar-refractivity contribution is 0.0685. The summed E-state index contributed by atoms with van der Waals surface area (Å²) in [5, 5.41) is 10.2. The zero-order valence-corrected chi connectivity index (χ0v) is 10.7. The van der Waals surface area contributed by atoms with Crippen molar-refractivity contribution in [1.82, 2.24) is 4.57 Å². The van der Waals surface area contributed by atoms with Gasteiger partial charge in [0.2, 0.25) is 0 Å². The predicted molar refractivity (Wildman–Crippen MR) is 67.0 cm³/mol. The van der Waals surface area contributed by atoms with Crippen molar-refractivity contribution >= 4 is 32.8 Å². The van der Waals surface area contributed by atoms with Crippen molar-refractivity contribution in [1.29, 1.82) is 0 Å². The third-order valence-corrected chi connectivity index (χ3v) is 3.46. The second-order valence-corrected chi connectivity index (χ2v) is 4.51. The minimum atomic E-state index is -0.873. The Kier molecular flexibility index (Phi) is 2.76. The summed E-state index contributed by atoms with van der Waals surface area (Å²) >= 11 is 3.47. The average molecular weight is 282 g/mol. The zero-order chi connectivity index (χ0) is 11.9. The molecule has 1 aromatic carbocycles. The Morgan fingerprint density at radius 3 is 2.75 bits per heavy atom. The van der Waals surface area contributed by atoms with Crippen LogP contribution < -0.4 is 0 Å². The van der Waals surface area contributed by atoms with Gasteiger partial charge in [0.05, 0.1) is 5.52 Å². The molecule has 3 nitrogen and oxygen atoms in total. The number of carboxylic acid groups (broad SMARTS) is 1. The van der Waals surface area contributed by atoms with Crippen molar-refractivity contribution in [3.63, 3.8) is 0 Å². The molecule has 1 heterocycles. The van der Waals surface area contributed by atoms with Crippen LogP contribution in [0.2, 0.25) is 0 Å². The van der Waals surface area contributed by atoms with Gasteiger partial charge >= 0.3 is 5.97 Å². The van der Waals surface area contributed by atoms with Crippen molar-refractivity contribution in [2.45, 2.75) is 20.4 Å². The number of carboxylic acids is 1. The summed E-state index contributed by atoms with van der Waals surface area (Å²) in [4.78, 5) is 11.2. The molecule has 0 spiro atoms. The number of benzene rings is 1. The molecule has 0 unspecified atom stereocenters. The number of nitrogens with zero attached hydrogens (tertiary/aromatic N) is 1. The highest BCUT2D eigenvalue weighted by Crippen LogP contribution is 2.31. The molecule has 0 atom stereocenters. The van der Waals surface area contributed by atoms with Crippen LogP contribution in [0.5, 0.6) is 0 Å². The maximum atomic E-state index is 11.2.